The van der Waals surface area contributed by atoms with Crippen LogP contribution in [0.5, 0.6) is 5.75 Å². The second-order valence-electron chi connectivity index (χ2n) is 3.96. The van der Waals surface area contributed by atoms with Crippen molar-refractivity contribution in [2.24, 2.45) is 5.73 Å². The third-order valence-electron chi connectivity index (χ3n) is 2.42. The fraction of sp³-hybridized carbons (Fsp3) is 0.0769. The van der Waals surface area contributed by atoms with Gasteiger partial charge < -0.3 is 15.8 Å². The molecule has 0 aliphatic heterocycles. The summed E-state index contributed by atoms with van der Waals surface area (Å²) in [5.74, 6) is 0.123. The summed E-state index contributed by atoms with van der Waals surface area (Å²) in [6.07, 6.45) is -3.17. The molecule has 1 heterocycles. The fourth-order valence-electron chi connectivity index (χ4n) is 1.58. The van der Waals surface area contributed by atoms with Crippen LogP contribution in [0.25, 0.3) is 0 Å². The minimum atomic E-state index is -4.71. The Kier molecular flexibility index (Phi) is 4.27. The molecule has 0 aliphatic carbocycles. The van der Waals surface area contributed by atoms with E-state index in [9.17, 15) is 13.2 Å². The van der Waals surface area contributed by atoms with E-state index in [1.54, 1.807) is 18.3 Å². The summed E-state index contributed by atoms with van der Waals surface area (Å²) in [6, 6.07) is 8.62. The van der Waals surface area contributed by atoms with Crippen molar-refractivity contribution >= 4 is 28.7 Å². The van der Waals surface area contributed by atoms with Gasteiger partial charge in [-0.15, -0.1) is 13.2 Å². The van der Waals surface area contributed by atoms with Gasteiger partial charge in [-0.05, 0) is 36.4 Å². The SMILES string of the molecule is NC(=S)c1cccnc1Nc1ccc(OC(F)(F)F)cc1. The molecule has 0 aliphatic rings. The minimum absolute atomic E-state index is 0.169. The maximum Gasteiger partial charge on any atom is 0.573 e. The maximum absolute atomic E-state index is 12.1. The lowest BCUT2D eigenvalue weighted by atomic mass is 10.2. The molecule has 2 aromatic rings. The topological polar surface area (TPSA) is 60.2 Å². The van der Waals surface area contributed by atoms with Crippen LogP contribution in [0.2, 0.25) is 0 Å². The molecule has 0 atom stereocenters. The van der Waals surface area contributed by atoms with Gasteiger partial charge in [-0.2, -0.15) is 0 Å². The van der Waals surface area contributed by atoms with E-state index in [0.717, 1.165) is 0 Å². The number of anilines is 2. The highest BCUT2D eigenvalue weighted by Crippen LogP contribution is 2.25. The monoisotopic (exact) mass is 313 g/mol. The van der Waals surface area contributed by atoms with E-state index in [1.807, 2.05) is 0 Å². The van der Waals surface area contributed by atoms with Crippen molar-refractivity contribution in [3.05, 3.63) is 48.2 Å². The number of pyridine rings is 1. The number of aromatic nitrogens is 1. The summed E-state index contributed by atoms with van der Waals surface area (Å²) in [6.45, 7) is 0. The Morgan fingerprint density at radius 2 is 1.86 bits per heavy atom. The zero-order valence-electron chi connectivity index (χ0n) is 10.5. The molecule has 0 bridgehead atoms. The van der Waals surface area contributed by atoms with Crippen LogP contribution in [0.4, 0.5) is 24.7 Å². The Morgan fingerprint density at radius 1 is 1.19 bits per heavy atom. The summed E-state index contributed by atoms with van der Waals surface area (Å²) in [4.78, 5) is 4.26. The van der Waals surface area contributed by atoms with E-state index in [1.165, 1.54) is 24.3 Å². The smallest absolute Gasteiger partial charge is 0.406 e. The molecule has 0 radical (unpaired) electrons. The van der Waals surface area contributed by atoms with E-state index in [4.69, 9.17) is 18.0 Å². The number of thiocarbonyl (C=S) groups is 1. The first kappa shape index (κ1) is 15.0. The number of rotatable bonds is 4. The average Bonchev–Trinajstić information content (AvgIpc) is 2.40. The number of benzene rings is 1. The van der Waals surface area contributed by atoms with Crippen LogP contribution in [0.15, 0.2) is 42.6 Å². The normalized spacial score (nSPS) is 11.0. The second-order valence-corrected chi connectivity index (χ2v) is 4.40. The Hall–Kier alpha value is -2.35. The van der Waals surface area contributed by atoms with Gasteiger partial charge in [0.1, 0.15) is 16.6 Å². The minimum Gasteiger partial charge on any atom is -0.406 e. The van der Waals surface area contributed by atoms with Crippen molar-refractivity contribution in [3.8, 4) is 5.75 Å². The molecular weight excluding hydrogens is 303 g/mol. The summed E-state index contributed by atoms with van der Waals surface area (Å²) in [7, 11) is 0. The van der Waals surface area contributed by atoms with Crippen LogP contribution in [0.3, 0.4) is 0 Å². The number of hydrogen-bond acceptors (Lipinski definition) is 4. The highest BCUT2D eigenvalue weighted by molar-refractivity contribution is 7.80. The van der Waals surface area contributed by atoms with Gasteiger partial charge >= 0.3 is 6.36 Å². The number of ether oxygens (including phenoxy) is 1. The van der Waals surface area contributed by atoms with Crippen molar-refractivity contribution in [1.29, 1.82) is 0 Å². The van der Waals surface area contributed by atoms with Gasteiger partial charge in [0.2, 0.25) is 0 Å². The molecule has 0 spiro atoms. The highest BCUT2D eigenvalue weighted by Gasteiger charge is 2.30. The van der Waals surface area contributed by atoms with Crippen molar-refractivity contribution in [2.75, 3.05) is 5.32 Å². The van der Waals surface area contributed by atoms with Crippen LogP contribution >= 0.6 is 12.2 Å². The van der Waals surface area contributed by atoms with Crippen molar-refractivity contribution in [1.82, 2.24) is 4.98 Å². The average molecular weight is 313 g/mol. The molecule has 0 amide bonds. The van der Waals surface area contributed by atoms with Crippen LogP contribution in [0, 0.1) is 0 Å². The first-order valence-electron chi connectivity index (χ1n) is 5.73. The van der Waals surface area contributed by atoms with Gasteiger partial charge in [0.25, 0.3) is 0 Å². The van der Waals surface area contributed by atoms with Gasteiger partial charge in [0, 0.05) is 11.9 Å². The lowest BCUT2D eigenvalue weighted by Crippen LogP contribution is -2.17. The summed E-state index contributed by atoms with van der Waals surface area (Å²) < 4.78 is 39.9. The van der Waals surface area contributed by atoms with Crippen molar-refractivity contribution < 1.29 is 17.9 Å². The number of hydrogen-bond donors (Lipinski definition) is 2. The van der Waals surface area contributed by atoms with E-state index >= 15 is 0 Å². The first-order valence-corrected chi connectivity index (χ1v) is 6.13. The predicted molar refractivity (Wildman–Crippen MR) is 76.5 cm³/mol. The molecule has 21 heavy (non-hydrogen) atoms. The predicted octanol–water partition coefficient (Wildman–Crippen LogP) is 3.36. The van der Waals surface area contributed by atoms with Crippen LogP contribution < -0.4 is 15.8 Å². The lowest BCUT2D eigenvalue weighted by molar-refractivity contribution is -0.274. The van der Waals surface area contributed by atoms with E-state index in [-0.39, 0.29) is 10.7 Å². The molecule has 1 aromatic heterocycles. The summed E-state index contributed by atoms with van der Waals surface area (Å²) in [5, 5.41) is 2.93. The third kappa shape index (κ3) is 4.32. The Bertz CT molecular complexity index is 644. The Labute approximate surface area is 123 Å². The number of nitrogens with one attached hydrogen (secondary N) is 1. The van der Waals surface area contributed by atoms with Gasteiger partial charge in [-0.1, -0.05) is 12.2 Å². The lowest BCUT2D eigenvalue weighted by Gasteiger charge is -2.11. The second kappa shape index (κ2) is 5.96. The number of nitrogens with two attached hydrogens (primary N) is 1. The zero-order valence-corrected chi connectivity index (χ0v) is 11.3. The van der Waals surface area contributed by atoms with Crippen LogP contribution in [-0.4, -0.2) is 16.3 Å². The van der Waals surface area contributed by atoms with Gasteiger partial charge in [0.15, 0.2) is 0 Å². The van der Waals surface area contributed by atoms with Crippen molar-refractivity contribution in [2.45, 2.75) is 6.36 Å². The molecule has 4 nitrogen and oxygen atoms in total. The van der Waals surface area contributed by atoms with Crippen LogP contribution in [0.1, 0.15) is 5.56 Å². The molecule has 2 rings (SSSR count). The van der Waals surface area contributed by atoms with E-state index in [2.05, 4.69) is 15.0 Å². The van der Waals surface area contributed by atoms with E-state index < -0.39 is 6.36 Å². The molecule has 3 N–H and O–H groups in total. The number of alkyl halides is 3. The van der Waals surface area contributed by atoms with Gasteiger partial charge in [-0.3, -0.25) is 0 Å². The number of nitrogens with zero attached hydrogens (tertiary/aromatic N) is 1. The first-order chi connectivity index (χ1) is 9.85. The Balaban J connectivity index is 2.16. The molecular formula is C13H10F3N3OS. The molecule has 0 fully saturated rings. The molecule has 8 heteroatoms. The van der Waals surface area contributed by atoms with Crippen LogP contribution in [-0.2, 0) is 0 Å². The highest BCUT2D eigenvalue weighted by atomic mass is 32.1. The van der Waals surface area contributed by atoms with Gasteiger partial charge in [0.05, 0.1) is 5.56 Å². The Morgan fingerprint density at radius 3 is 2.43 bits per heavy atom. The van der Waals surface area contributed by atoms with Gasteiger partial charge in [-0.25, -0.2) is 4.98 Å². The summed E-state index contributed by atoms with van der Waals surface area (Å²) in [5.41, 5.74) is 6.64. The summed E-state index contributed by atoms with van der Waals surface area (Å²) >= 11 is 4.90. The molecule has 0 unspecified atom stereocenters. The third-order valence-corrected chi connectivity index (χ3v) is 2.64. The van der Waals surface area contributed by atoms with Crippen molar-refractivity contribution in [3.63, 3.8) is 0 Å². The molecule has 110 valence electrons. The largest absolute Gasteiger partial charge is 0.573 e. The maximum atomic E-state index is 12.1. The quantitative estimate of drug-likeness (QED) is 0.848. The molecule has 0 saturated heterocycles. The molecule has 0 saturated carbocycles. The van der Waals surface area contributed by atoms with E-state index in [0.29, 0.717) is 17.1 Å². The fourth-order valence-corrected chi connectivity index (χ4v) is 1.75. The number of halogens is 3. The molecule has 1 aromatic carbocycles. The standard InChI is InChI=1S/C13H10F3N3OS/c14-13(15,16)20-9-5-3-8(4-6-9)19-12-10(11(17)21)2-1-7-18-12/h1-7H,(H2,17,21)(H,18,19). The zero-order chi connectivity index (χ0) is 15.5.